The maximum atomic E-state index is 13.1. The lowest BCUT2D eigenvalue weighted by atomic mass is 10.1. The Labute approximate surface area is 106 Å². The van der Waals surface area contributed by atoms with Gasteiger partial charge in [-0.15, -0.1) is 5.10 Å². The summed E-state index contributed by atoms with van der Waals surface area (Å²) in [4.78, 5) is 0. The molecule has 5 heteroatoms. The van der Waals surface area contributed by atoms with Crippen LogP contribution in [-0.4, -0.2) is 21.5 Å². The van der Waals surface area contributed by atoms with Crippen LogP contribution >= 0.6 is 0 Å². The molecule has 0 aliphatic rings. The standard InChI is InChI=1S/C13H17FN4/c1-11(12-4-2-5-13(14)10-12)15-6-3-8-18-9-7-16-17-18/h2,4-5,7,9-11,15H,3,6,8H2,1H3. The van der Waals surface area contributed by atoms with Gasteiger partial charge in [-0.25, -0.2) is 4.39 Å². The topological polar surface area (TPSA) is 42.7 Å². The molecule has 1 N–H and O–H groups in total. The van der Waals surface area contributed by atoms with Crippen LogP contribution in [0.2, 0.25) is 0 Å². The van der Waals surface area contributed by atoms with Crippen molar-refractivity contribution in [3.05, 3.63) is 48.0 Å². The molecule has 2 rings (SSSR count). The number of aromatic nitrogens is 3. The van der Waals surface area contributed by atoms with Crippen molar-refractivity contribution >= 4 is 0 Å². The molecule has 4 nitrogen and oxygen atoms in total. The van der Waals surface area contributed by atoms with Crippen molar-refractivity contribution in [3.63, 3.8) is 0 Å². The van der Waals surface area contributed by atoms with Gasteiger partial charge in [-0.3, -0.25) is 4.68 Å². The molecule has 0 amide bonds. The first kappa shape index (κ1) is 12.7. The van der Waals surface area contributed by atoms with Gasteiger partial charge < -0.3 is 5.32 Å². The normalized spacial score (nSPS) is 12.6. The van der Waals surface area contributed by atoms with Crippen molar-refractivity contribution in [1.29, 1.82) is 0 Å². The van der Waals surface area contributed by atoms with Gasteiger partial charge in [-0.05, 0) is 37.6 Å². The molecule has 0 saturated heterocycles. The second-order valence-electron chi connectivity index (χ2n) is 4.25. The average Bonchev–Trinajstić information content (AvgIpc) is 2.87. The maximum absolute atomic E-state index is 13.1. The minimum atomic E-state index is -0.191. The fourth-order valence-electron chi connectivity index (χ4n) is 1.81. The van der Waals surface area contributed by atoms with E-state index in [1.807, 2.05) is 19.2 Å². The first-order chi connectivity index (χ1) is 8.75. The van der Waals surface area contributed by atoms with E-state index in [1.165, 1.54) is 6.07 Å². The minimum absolute atomic E-state index is 0.149. The SMILES string of the molecule is CC(NCCCn1ccnn1)c1cccc(F)c1. The summed E-state index contributed by atoms with van der Waals surface area (Å²) in [5.74, 6) is -0.191. The fourth-order valence-corrected chi connectivity index (χ4v) is 1.81. The first-order valence-corrected chi connectivity index (χ1v) is 6.08. The number of nitrogens with zero attached hydrogens (tertiary/aromatic N) is 3. The summed E-state index contributed by atoms with van der Waals surface area (Å²) < 4.78 is 14.9. The molecular formula is C13H17FN4. The Bertz CT molecular complexity index is 470. The minimum Gasteiger partial charge on any atom is -0.310 e. The van der Waals surface area contributed by atoms with E-state index in [0.29, 0.717) is 0 Å². The van der Waals surface area contributed by atoms with E-state index in [2.05, 4.69) is 15.6 Å². The van der Waals surface area contributed by atoms with Gasteiger partial charge in [0.25, 0.3) is 0 Å². The van der Waals surface area contributed by atoms with Crippen molar-refractivity contribution in [2.75, 3.05) is 6.54 Å². The van der Waals surface area contributed by atoms with Crippen LogP contribution in [0.5, 0.6) is 0 Å². The Morgan fingerprint density at radius 2 is 2.33 bits per heavy atom. The monoisotopic (exact) mass is 248 g/mol. The summed E-state index contributed by atoms with van der Waals surface area (Å²) in [5, 5.41) is 11.0. The van der Waals surface area contributed by atoms with Crippen LogP contribution < -0.4 is 5.32 Å². The number of rotatable bonds is 6. The van der Waals surface area contributed by atoms with Gasteiger partial charge in [0.1, 0.15) is 5.82 Å². The molecular weight excluding hydrogens is 231 g/mol. The number of nitrogens with one attached hydrogen (secondary N) is 1. The molecule has 0 saturated carbocycles. The Kier molecular flexibility index (Phi) is 4.41. The van der Waals surface area contributed by atoms with E-state index in [4.69, 9.17) is 0 Å². The van der Waals surface area contributed by atoms with Gasteiger partial charge >= 0.3 is 0 Å². The number of benzene rings is 1. The lowest BCUT2D eigenvalue weighted by Crippen LogP contribution is -2.21. The van der Waals surface area contributed by atoms with E-state index in [9.17, 15) is 4.39 Å². The molecule has 1 unspecified atom stereocenters. The van der Waals surface area contributed by atoms with Gasteiger partial charge in [0.2, 0.25) is 0 Å². The summed E-state index contributed by atoms with van der Waals surface area (Å²) >= 11 is 0. The molecule has 0 fully saturated rings. The third-order valence-electron chi connectivity index (χ3n) is 2.84. The predicted molar refractivity (Wildman–Crippen MR) is 67.5 cm³/mol. The molecule has 0 spiro atoms. The number of aryl methyl sites for hydroxylation is 1. The molecule has 1 atom stereocenters. The van der Waals surface area contributed by atoms with Crippen LogP contribution in [0.3, 0.4) is 0 Å². The second-order valence-corrected chi connectivity index (χ2v) is 4.25. The van der Waals surface area contributed by atoms with E-state index in [0.717, 1.165) is 25.1 Å². The molecule has 18 heavy (non-hydrogen) atoms. The number of halogens is 1. The molecule has 1 aromatic heterocycles. The zero-order chi connectivity index (χ0) is 12.8. The Morgan fingerprint density at radius 3 is 3.06 bits per heavy atom. The largest absolute Gasteiger partial charge is 0.310 e. The quantitative estimate of drug-likeness (QED) is 0.797. The van der Waals surface area contributed by atoms with Crippen LogP contribution in [0, 0.1) is 5.82 Å². The summed E-state index contributed by atoms with van der Waals surface area (Å²) in [6.07, 6.45) is 4.47. The van der Waals surface area contributed by atoms with Gasteiger partial charge in [-0.2, -0.15) is 0 Å². The molecule has 0 aliphatic carbocycles. The van der Waals surface area contributed by atoms with Crippen LogP contribution in [-0.2, 0) is 6.54 Å². The van der Waals surface area contributed by atoms with Crippen molar-refractivity contribution < 1.29 is 4.39 Å². The number of hydrogen-bond donors (Lipinski definition) is 1. The first-order valence-electron chi connectivity index (χ1n) is 6.08. The Balaban J connectivity index is 1.73. The maximum Gasteiger partial charge on any atom is 0.123 e. The van der Waals surface area contributed by atoms with Crippen LogP contribution in [0.1, 0.15) is 24.9 Å². The highest BCUT2D eigenvalue weighted by Crippen LogP contribution is 2.13. The molecule has 2 aromatic rings. The van der Waals surface area contributed by atoms with Crippen LogP contribution in [0.15, 0.2) is 36.7 Å². The number of hydrogen-bond acceptors (Lipinski definition) is 3. The summed E-state index contributed by atoms with van der Waals surface area (Å²) in [7, 11) is 0. The van der Waals surface area contributed by atoms with E-state index in [1.54, 1.807) is 23.0 Å². The highest BCUT2D eigenvalue weighted by molar-refractivity contribution is 5.19. The van der Waals surface area contributed by atoms with E-state index in [-0.39, 0.29) is 11.9 Å². The highest BCUT2D eigenvalue weighted by atomic mass is 19.1. The Hall–Kier alpha value is -1.75. The van der Waals surface area contributed by atoms with Crippen molar-refractivity contribution in [1.82, 2.24) is 20.3 Å². The zero-order valence-corrected chi connectivity index (χ0v) is 10.4. The van der Waals surface area contributed by atoms with Crippen LogP contribution in [0.25, 0.3) is 0 Å². The van der Waals surface area contributed by atoms with E-state index < -0.39 is 0 Å². The molecule has 1 heterocycles. The molecule has 0 radical (unpaired) electrons. The Morgan fingerprint density at radius 1 is 1.44 bits per heavy atom. The lowest BCUT2D eigenvalue weighted by molar-refractivity contribution is 0.498. The third-order valence-corrected chi connectivity index (χ3v) is 2.84. The summed E-state index contributed by atoms with van der Waals surface area (Å²) in [6.45, 7) is 3.73. The summed E-state index contributed by atoms with van der Waals surface area (Å²) in [6, 6.07) is 6.84. The zero-order valence-electron chi connectivity index (χ0n) is 10.4. The van der Waals surface area contributed by atoms with E-state index >= 15 is 0 Å². The van der Waals surface area contributed by atoms with Gasteiger partial charge in [0, 0.05) is 18.8 Å². The molecule has 1 aromatic carbocycles. The summed E-state index contributed by atoms with van der Waals surface area (Å²) in [5.41, 5.74) is 0.968. The fraction of sp³-hybridized carbons (Fsp3) is 0.385. The smallest absolute Gasteiger partial charge is 0.123 e. The predicted octanol–water partition coefficient (Wildman–Crippen LogP) is 2.16. The van der Waals surface area contributed by atoms with Crippen LogP contribution in [0.4, 0.5) is 4.39 Å². The average molecular weight is 248 g/mol. The lowest BCUT2D eigenvalue weighted by Gasteiger charge is -2.14. The van der Waals surface area contributed by atoms with Crippen molar-refractivity contribution in [2.24, 2.45) is 0 Å². The molecule has 96 valence electrons. The third kappa shape index (κ3) is 3.63. The van der Waals surface area contributed by atoms with Crippen molar-refractivity contribution in [2.45, 2.75) is 25.9 Å². The second kappa shape index (κ2) is 6.26. The van der Waals surface area contributed by atoms with Gasteiger partial charge in [-0.1, -0.05) is 17.3 Å². The molecule has 0 aliphatic heterocycles. The highest BCUT2D eigenvalue weighted by Gasteiger charge is 2.04. The van der Waals surface area contributed by atoms with Gasteiger partial charge in [0.15, 0.2) is 0 Å². The van der Waals surface area contributed by atoms with Crippen molar-refractivity contribution in [3.8, 4) is 0 Å². The van der Waals surface area contributed by atoms with Gasteiger partial charge in [0.05, 0.1) is 6.20 Å². The molecule has 0 bridgehead atoms.